The summed E-state index contributed by atoms with van der Waals surface area (Å²) in [6.45, 7) is 0.843. The van der Waals surface area contributed by atoms with Crippen molar-refractivity contribution in [3.05, 3.63) is 130 Å². The molecule has 1 amide bonds. The second-order valence-electron chi connectivity index (χ2n) is 10.1. The first-order chi connectivity index (χ1) is 21.0. The molecule has 0 aliphatic carbocycles. The van der Waals surface area contributed by atoms with Crippen molar-refractivity contribution in [2.45, 2.75) is 31.0 Å². The lowest BCUT2D eigenvalue weighted by molar-refractivity contribution is -0.130. The van der Waals surface area contributed by atoms with Crippen molar-refractivity contribution in [3.63, 3.8) is 0 Å². The number of rotatable bonds is 13. The molecule has 0 bridgehead atoms. The van der Waals surface area contributed by atoms with Crippen LogP contribution in [0.5, 0.6) is 11.5 Å². The van der Waals surface area contributed by atoms with Gasteiger partial charge in [-0.25, -0.2) is 10.4 Å². The molecule has 2 atom stereocenters. The number of ether oxygens (including phenoxy) is 3. The highest BCUT2D eigenvalue weighted by atomic mass is 79.9. The molecule has 0 saturated carbocycles. The van der Waals surface area contributed by atoms with Gasteiger partial charge in [-0.2, -0.15) is 0 Å². The van der Waals surface area contributed by atoms with Gasteiger partial charge >= 0.3 is 0 Å². The monoisotopic (exact) mass is 643 g/mol. The Morgan fingerprint density at radius 1 is 0.977 bits per heavy atom. The molecule has 3 N–H and O–H groups in total. The highest BCUT2D eigenvalue weighted by Crippen LogP contribution is 2.42. The number of aliphatic imine (C=N–C) groups is 1. The van der Waals surface area contributed by atoms with E-state index in [0.29, 0.717) is 37.6 Å². The minimum atomic E-state index is -1.32. The van der Waals surface area contributed by atoms with Crippen LogP contribution in [0.4, 0.5) is 0 Å². The maximum Gasteiger partial charge on any atom is 0.266 e. The summed E-state index contributed by atoms with van der Waals surface area (Å²) in [5.74, 6) is 1.45. The number of amides is 1. The normalized spacial score (nSPS) is 17.6. The Balaban J connectivity index is 1.50. The Bertz CT molecular complexity index is 1530. The number of halogens is 1. The van der Waals surface area contributed by atoms with Crippen molar-refractivity contribution in [3.8, 4) is 11.5 Å². The molecule has 1 aliphatic rings. The van der Waals surface area contributed by atoms with E-state index in [1.54, 1.807) is 7.11 Å². The third kappa shape index (κ3) is 7.25. The van der Waals surface area contributed by atoms with Crippen LogP contribution in [0.25, 0.3) is 0 Å². The van der Waals surface area contributed by atoms with Crippen LogP contribution in [-0.2, 0) is 22.5 Å². The summed E-state index contributed by atoms with van der Waals surface area (Å²) in [7, 11) is 1.62. The Labute approximate surface area is 259 Å². The Morgan fingerprint density at radius 2 is 1.70 bits per heavy atom. The third-order valence-electron chi connectivity index (χ3n) is 7.19. The third-order valence-corrected chi connectivity index (χ3v) is 7.72. The van der Waals surface area contributed by atoms with Gasteiger partial charge in [0.15, 0.2) is 11.6 Å². The fraction of sp³-hybridized carbons (Fsp3) is 0.235. The Morgan fingerprint density at radius 3 is 2.42 bits per heavy atom. The molecule has 1 aliphatic heterocycles. The smallest absolute Gasteiger partial charge is 0.266 e. The first-order valence-corrected chi connectivity index (χ1v) is 14.9. The lowest BCUT2D eigenvalue weighted by Crippen LogP contribution is -2.53. The van der Waals surface area contributed by atoms with Crippen molar-refractivity contribution in [2.24, 2.45) is 4.99 Å². The van der Waals surface area contributed by atoms with Gasteiger partial charge in [0.25, 0.3) is 5.91 Å². The van der Waals surface area contributed by atoms with Crippen LogP contribution in [0.1, 0.15) is 34.8 Å². The fourth-order valence-electron chi connectivity index (χ4n) is 5.00. The predicted octanol–water partition coefficient (Wildman–Crippen LogP) is 5.54. The zero-order valence-corrected chi connectivity index (χ0v) is 25.4. The molecule has 1 heterocycles. The highest BCUT2D eigenvalue weighted by Gasteiger charge is 2.53. The standard InChI is InChI=1S/C34H34BrN3O5/c1-41-30-11-6-5-10-27(30)23-36-38-33(40)34(22-24-8-3-2-4-9-24)31(25-12-16-28(35)17-13-25)43-32(37-34)26-14-18-29(19-15-26)42-21-7-20-39/h2-6,8-19,31,36,39H,7,20-23H2,1H3,(H,38,40)/t31-,34-/m0/s1. The maximum absolute atomic E-state index is 14.3. The fourth-order valence-corrected chi connectivity index (χ4v) is 5.27. The summed E-state index contributed by atoms with van der Waals surface area (Å²) in [4.78, 5) is 19.4. The molecule has 5 rings (SSSR count). The topological polar surface area (TPSA) is 101 Å². The van der Waals surface area contributed by atoms with Gasteiger partial charge in [0.1, 0.15) is 11.5 Å². The SMILES string of the molecule is COc1ccccc1CNNC(=O)[C@@]1(Cc2ccccc2)N=C(c2ccc(OCCCO)cc2)O[C@H]1c1ccc(Br)cc1. The van der Waals surface area contributed by atoms with Crippen molar-refractivity contribution in [1.29, 1.82) is 0 Å². The summed E-state index contributed by atoms with van der Waals surface area (Å²) < 4.78 is 18.7. The number of hydrogen-bond donors (Lipinski definition) is 3. The number of para-hydroxylation sites is 1. The van der Waals surface area contributed by atoms with Crippen LogP contribution < -0.4 is 20.3 Å². The number of benzene rings is 4. The van der Waals surface area contributed by atoms with Crippen LogP contribution in [-0.4, -0.2) is 42.8 Å². The summed E-state index contributed by atoms with van der Waals surface area (Å²) in [6.07, 6.45) is 0.154. The number of carbonyl (C=O) groups is 1. The first-order valence-electron chi connectivity index (χ1n) is 14.1. The van der Waals surface area contributed by atoms with E-state index in [0.717, 1.165) is 32.5 Å². The van der Waals surface area contributed by atoms with Crippen molar-refractivity contribution >= 4 is 27.7 Å². The van der Waals surface area contributed by atoms with E-state index in [1.807, 2.05) is 103 Å². The molecular formula is C34H34BrN3O5. The van der Waals surface area contributed by atoms with Crippen LogP contribution in [0.2, 0.25) is 0 Å². The minimum Gasteiger partial charge on any atom is -0.496 e. The number of hydrogen-bond acceptors (Lipinski definition) is 7. The van der Waals surface area contributed by atoms with Gasteiger partial charge < -0.3 is 19.3 Å². The largest absolute Gasteiger partial charge is 0.496 e. The van der Waals surface area contributed by atoms with Gasteiger partial charge in [-0.05, 0) is 53.6 Å². The van der Waals surface area contributed by atoms with Gasteiger partial charge in [0, 0.05) is 41.6 Å². The number of aliphatic hydroxyl groups excluding tert-OH is 1. The van der Waals surface area contributed by atoms with Crippen LogP contribution >= 0.6 is 15.9 Å². The maximum atomic E-state index is 14.3. The molecule has 222 valence electrons. The number of nitrogens with zero attached hydrogens (tertiary/aromatic N) is 1. The van der Waals surface area contributed by atoms with E-state index in [1.165, 1.54) is 0 Å². The Kier molecular flexibility index (Phi) is 10.1. The number of carbonyl (C=O) groups excluding carboxylic acids is 1. The molecule has 0 unspecified atom stereocenters. The van der Waals surface area contributed by atoms with Gasteiger partial charge in [-0.3, -0.25) is 10.2 Å². The second kappa shape index (κ2) is 14.3. The van der Waals surface area contributed by atoms with Crippen LogP contribution in [0, 0.1) is 0 Å². The van der Waals surface area contributed by atoms with Gasteiger partial charge in [0.05, 0.1) is 13.7 Å². The zero-order valence-electron chi connectivity index (χ0n) is 23.8. The van der Waals surface area contributed by atoms with Crippen molar-refractivity contribution < 1.29 is 24.1 Å². The average Bonchev–Trinajstić information content (AvgIpc) is 3.43. The Hall–Kier alpha value is -4.18. The number of hydrazine groups is 1. The molecule has 8 nitrogen and oxygen atoms in total. The molecule has 0 saturated heterocycles. The second-order valence-corrected chi connectivity index (χ2v) is 11.0. The number of nitrogens with one attached hydrogen (secondary N) is 2. The van der Waals surface area contributed by atoms with Gasteiger partial charge in [0.2, 0.25) is 5.90 Å². The number of aliphatic hydroxyl groups is 1. The lowest BCUT2D eigenvalue weighted by Gasteiger charge is -2.31. The van der Waals surface area contributed by atoms with E-state index in [-0.39, 0.29) is 12.5 Å². The summed E-state index contributed by atoms with van der Waals surface area (Å²) in [5, 5.41) is 9.04. The first kappa shape index (κ1) is 30.3. The highest BCUT2D eigenvalue weighted by molar-refractivity contribution is 9.10. The van der Waals surface area contributed by atoms with E-state index in [4.69, 9.17) is 24.3 Å². The molecule has 0 aromatic heterocycles. The average molecular weight is 645 g/mol. The molecule has 0 radical (unpaired) electrons. The van der Waals surface area contributed by atoms with Crippen molar-refractivity contribution in [2.75, 3.05) is 20.3 Å². The predicted molar refractivity (Wildman–Crippen MR) is 169 cm³/mol. The van der Waals surface area contributed by atoms with Gasteiger partial charge in [-0.1, -0.05) is 76.6 Å². The molecule has 9 heteroatoms. The summed E-state index contributed by atoms with van der Waals surface area (Å²) in [6, 6.07) is 32.6. The summed E-state index contributed by atoms with van der Waals surface area (Å²) in [5.41, 5.74) is 8.08. The van der Waals surface area contributed by atoms with Crippen molar-refractivity contribution in [1.82, 2.24) is 10.9 Å². The molecule has 0 fully saturated rings. The molecular weight excluding hydrogens is 610 g/mol. The minimum absolute atomic E-state index is 0.0689. The van der Waals surface area contributed by atoms with E-state index >= 15 is 0 Å². The molecule has 43 heavy (non-hydrogen) atoms. The van der Waals surface area contributed by atoms with Gasteiger partial charge in [-0.15, -0.1) is 0 Å². The molecule has 0 spiro atoms. The van der Waals surface area contributed by atoms with Crippen LogP contribution in [0.3, 0.4) is 0 Å². The molecule has 4 aromatic rings. The van der Waals surface area contributed by atoms with E-state index in [9.17, 15) is 4.79 Å². The molecule has 4 aromatic carbocycles. The zero-order chi connectivity index (χ0) is 30.1. The van der Waals surface area contributed by atoms with E-state index in [2.05, 4.69) is 26.8 Å². The van der Waals surface area contributed by atoms with Crippen LogP contribution in [0.15, 0.2) is 113 Å². The lowest BCUT2D eigenvalue weighted by atomic mass is 9.82. The summed E-state index contributed by atoms with van der Waals surface area (Å²) >= 11 is 3.52. The quantitative estimate of drug-likeness (QED) is 0.131. The number of methoxy groups -OCH3 is 1. The van der Waals surface area contributed by atoms with E-state index < -0.39 is 11.6 Å².